The van der Waals surface area contributed by atoms with Crippen LogP contribution in [0.25, 0.3) is 0 Å². The molecule has 0 aliphatic carbocycles. The summed E-state index contributed by atoms with van der Waals surface area (Å²) >= 11 is 0. The van der Waals surface area contributed by atoms with Crippen molar-refractivity contribution in [2.75, 3.05) is 14.2 Å². The highest BCUT2D eigenvalue weighted by Gasteiger charge is 2.18. The van der Waals surface area contributed by atoms with E-state index in [0.717, 1.165) is 28.2 Å². The molecule has 0 radical (unpaired) electrons. The molecule has 1 N–H and O–H groups in total. The van der Waals surface area contributed by atoms with E-state index in [1.54, 1.807) is 14.2 Å². The average molecular weight is 341 g/mol. The molecule has 2 rings (SSSR count). The van der Waals surface area contributed by atoms with Crippen molar-refractivity contribution in [1.82, 2.24) is 5.32 Å². The van der Waals surface area contributed by atoms with Gasteiger partial charge in [-0.25, -0.2) is 0 Å². The van der Waals surface area contributed by atoms with Gasteiger partial charge in [-0.15, -0.1) is 0 Å². The van der Waals surface area contributed by atoms with E-state index in [1.807, 2.05) is 50.2 Å². The lowest BCUT2D eigenvalue weighted by molar-refractivity contribution is 0.0939. The fraction of sp³-hybridized carbons (Fsp3) is 0.381. The molecular weight excluding hydrogens is 314 g/mol. The number of amides is 1. The lowest BCUT2D eigenvalue weighted by Gasteiger charge is -2.18. The van der Waals surface area contributed by atoms with Gasteiger partial charge >= 0.3 is 0 Å². The van der Waals surface area contributed by atoms with E-state index in [0.29, 0.717) is 5.56 Å². The minimum Gasteiger partial charge on any atom is -0.497 e. The van der Waals surface area contributed by atoms with Crippen LogP contribution in [0.1, 0.15) is 59.8 Å². The topological polar surface area (TPSA) is 47.6 Å². The van der Waals surface area contributed by atoms with Crippen LogP contribution in [0.4, 0.5) is 0 Å². The largest absolute Gasteiger partial charge is 0.497 e. The molecule has 4 nitrogen and oxygen atoms in total. The van der Waals surface area contributed by atoms with Gasteiger partial charge in [0.1, 0.15) is 11.5 Å². The molecule has 1 atom stereocenters. The van der Waals surface area contributed by atoms with Crippen molar-refractivity contribution in [3.63, 3.8) is 0 Å². The predicted molar refractivity (Wildman–Crippen MR) is 101 cm³/mol. The lowest BCUT2D eigenvalue weighted by atomic mass is 9.95. The van der Waals surface area contributed by atoms with E-state index in [9.17, 15) is 4.79 Å². The number of carbonyl (C=O) groups is 1. The fourth-order valence-electron chi connectivity index (χ4n) is 2.82. The van der Waals surface area contributed by atoms with E-state index in [4.69, 9.17) is 9.47 Å². The zero-order chi connectivity index (χ0) is 18.6. The van der Waals surface area contributed by atoms with Gasteiger partial charge in [0, 0.05) is 5.56 Å². The van der Waals surface area contributed by atoms with Gasteiger partial charge in [-0.05, 0) is 60.7 Å². The van der Waals surface area contributed by atoms with Crippen LogP contribution in [0.15, 0.2) is 36.4 Å². The molecule has 0 spiro atoms. The molecule has 4 heteroatoms. The number of carbonyl (C=O) groups excluding carboxylic acids is 1. The molecule has 0 heterocycles. The molecule has 0 saturated heterocycles. The number of hydrogen-bond donors (Lipinski definition) is 1. The van der Waals surface area contributed by atoms with Crippen molar-refractivity contribution >= 4 is 5.91 Å². The average Bonchev–Trinajstić information content (AvgIpc) is 2.60. The van der Waals surface area contributed by atoms with Gasteiger partial charge in [0.15, 0.2) is 0 Å². The smallest absolute Gasteiger partial charge is 0.252 e. The molecular formula is C21H27NO3. The van der Waals surface area contributed by atoms with Gasteiger partial charge in [-0.1, -0.05) is 26.0 Å². The van der Waals surface area contributed by atoms with Gasteiger partial charge < -0.3 is 14.8 Å². The minimum atomic E-state index is -0.0950. The highest BCUT2D eigenvalue weighted by Crippen LogP contribution is 2.30. The van der Waals surface area contributed by atoms with Crippen molar-refractivity contribution in [1.29, 1.82) is 0 Å². The van der Waals surface area contributed by atoms with Crippen molar-refractivity contribution in [3.05, 3.63) is 58.7 Å². The summed E-state index contributed by atoms with van der Waals surface area (Å²) in [4.78, 5) is 12.8. The maximum Gasteiger partial charge on any atom is 0.252 e. The number of aryl methyl sites for hydroxylation is 1. The SMILES string of the molecule is COc1ccc(C(C)NC(=O)c2cc(C(C)C)c(OC)cc2C)cc1. The number of ether oxygens (including phenoxy) is 2. The molecule has 0 aliphatic rings. The minimum absolute atomic E-state index is 0.0784. The predicted octanol–water partition coefficient (Wildman–Crippen LogP) is 4.63. The Balaban J connectivity index is 2.23. The Bertz CT molecular complexity index is 736. The standard InChI is InChI=1S/C21H27NO3/c1-13(2)18-12-19(14(3)11-20(18)25-6)21(23)22-15(4)16-7-9-17(24-5)10-8-16/h7-13,15H,1-6H3,(H,22,23). The first-order valence-corrected chi connectivity index (χ1v) is 8.50. The molecule has 0 aliphatic heterocycles. The normalized spacial score (nSPS) is 12.0. The van der Waals surface area contributed by atoms with Gasteiger partial charge in [-0.2, -0.15) is 0 Å². The van der Waals surface area contributed by atoms with E-state index in [1.165, 1.54) is 0 Å². The molecule has 0 saturated carbocycles. The second-order valence-electron chi connectivity index (χ2n) is 6.53. The summed E-state index contributed by atoms with van der Waals surface area (Å²) < 4.78 is 10.6. The first kappa shape index (κ1) is 18.8. The number of hydrogen-bond acceptors (Lipinski definition) is 3. The molecule has 1 amide bonds. The molecule has 0 bridgehead atoms. The van der Waals surface area contributed by atoms with Crippen molar-refractivity contribution < 1.29 is 14.3 Å². The summed E-state index contributed by atoms with van der Waals surface area (Å²) in [6.07, 6.45) is 0. The lowest BCUT2D eigenvalue weighted by Crippen LogP contribution is -2.27. The molecule has 0 aromatic heterocycles. The third-order valence-corrected chi connectivity index (χ3v) is 4.41. The Labute approximate surface area is 150 Å². The van der Waals surface area contributed by atoms with Crippen LogP contribution in [0.2, 0.25) is 0 Å². The third kappa shape index (κ3) is 4.32. The Morgan fingerprint density at radius 1 is 1.00 bits per heavy atom. The summed E-state index contributed by atoms with van der Waals surface area (Å²) in [6, 6.07) is 11.5. The van der Waals surface area contributed by atoms with E-state index in [-0.39, 0.29) is 17.9 Å². The number of methoxy groups -OCH3 is 2. The van der Waals surface area contributed by atoms with E-state index in [2.05, 4.69) is 19.2 Å². The van der Waals surface area contributed by atoms with Gasteiger partial charge in [-0.3, -0.25) is 4.79 Å². The Kier molecular flexibility index (Phi) is 6.07. The summed E-state index contributed by atoms with van der Waals surface area (Å²) in [7, 11) is 3.30. The van der Waals surface area contributed by atoms with Crippen LogP contribution in [0.5, 0.6) is 11.5 Å². The van der Waals surface area contributed by atoms with Gasteiger partial charge in [0.05, 0.1) is 20.3 Å². The molecule has 134 valence electrons. The maximum absolute atomic E-state index is 12.8. The van der Waals surface area contributed by atoms with Crippen LogP contribution in [0, 0.1) is 6.92 Å². The quantitative estimate of drug-likeness (QED) is 0.833. The second kappa shape index (κ2) is 8.06. The highest BCUT2D eigenvalue weighted by molar-refractivity contribution is 5.96. The molecule has 1 unspecified atom stereocenters. The van der Waals surface area contributed by atoms with Crippen LogP contribution in [-0.4, -0.2) is 20.1 Å². The molecule has 0 fully saturated rings. The molecule has 2 aromatic carbocycles. The molecule has 25 heavy (non-hydrogen) atoms. The Morgan fingerprint density at radius 3 is 2.16 bits per heavy atom. The third-order valence-electron chi connectivity index (χ3n) is 4.41. The first-order chi connectivity index (χ1) is 11.9. The van der Waals surface area contributed by atoms with E-state index < -0.39 is 0 Å². The summed E-state index contributed by atoms with van der Waals surface area (Å²) in [5.41, 5.74) is 3.66. The maximum atomic E-state index is 12.8. The van der Waals surface area contributed by atoms with E-state index >= 15 is 0 Å². The van der Waals surface area contributed by atoms with Crippen LogP contribution in [-0.2, 0) is 0 Å². The van der Waals surface area contributed by atoms with Crippen molar-refractivity contribution in [2.45, 2.75) is 39.7 Å². The van der Waals surface area contributed by atoms with Crippen LogP contribution in [0.3, 0.4) is 0 Å². The Hall–Kier alpha value is -2.49. The highest BCUT2D eigenvalue weighted by atomic mass is 16.5. The van der Waals surface area contributed by atoms with Crippen molar-refractivity contribution in [3.8, 4) is 11.5 Å². The number of rotatable bonds is 6. The fourth-order valence-corrected chi connectivity index (χ4v) is 2.82. The Morgan fingerprint density at radius 2 is 1.64 bits per heavy atom. The summed E-state index contributed by atoms with van der Waals surface area (Å²) in [6.45, 7) is 8.09. The summed E-state index contributed by atoms with van der Waals surface area (Å²) in [5, 5.41) is 3.07. The van der Waals surface area contributed by atoms with Crippen molar-refractivity contribution in [2.24, 2.45) is 0 Å². The zero-order valence-corrected chi connectivity index (χ0v) is 15.8. The number of benzene rings is 2. The number of nitrogens with one attached hydrogen (secondary N) is 1. The van der Waals surface area contributed by atoms with Gasteiger partial charge in [0.2, 0.25) is 0 Å². The second-order valence-corrected chi connectivity index (χ2v) is 6.53. The van der Waals surface area contributed by atoms with Gasteiger partial charge in [0.25, 0.3) is 5.91 Å². The zero-order valence-electron chi connectivity index (χ0n) is 15.8. The summed E-state index contributed by atoms with van der Waals surface area (Å²) in [5.74, 6) is 1.83. The van der Waals surface area contributed by atoms with Crippen LogP contribution < -0.4 is 14.8 Å². The monoisotopic (exact) mass is 341 g/mol. The van der Waals surface area contributed by atoms with Crippen LogP contribution >= 0.6 is 0 Å². The molecule has 2 aromatic rings. The first-order valence-electron chi connectivity index (χ1n) is 8.50.